The van der Waals surface area contributed by atoms with Gasteiger partial charge in [0.2, 0.25) is 0 Å². The summed E-state index contributed by atoms with van der Waals surface area (Å²) in [7, 11) is 0. The average molecular weight is 359 g/mol. The summed E-state index contributed by atoms with van der Waals surface area (Å²) in [6.45, 7) is -1.26. The van der Waals surface area contributed by atoms with E-state index in [1.807, 2.05) is 0 Å². The lowest BCUT2D eigenvalue weighted by molar-refractivity contribution is -0.141. The zero-order valence-electron chi connectivity index (χ0n) is 13.2. The predicted molar refractivity (Wildman–Crippen MR) is 84.8 cm³/mol. The van der Waals surface area contributed by atoms with Crippen molar-refractivity contribution in [3.63, 3.8) is 0 Å². The quantitative estimate of drug-likeness (QED) is 0.463. The minimum atomic E-state index is -1.19. The number of para-hydroxylation sites is 1. The minimum Gasteiger partial charge on any atom is -0.456 e. The van der Waals surface area contributed by atoms with Crippen LogP contribution in [0.3, 0.4) is 0 Å². The normalized spacial score (nSPS) is 12.9. The lowest BCUT2D eigenvalue weighted by Crippen LogP contribution is -2.36. The Morgan fingerprint density at radius 2 is 1.73 bits per heavy atom. The molecule has 0 saturated carbocycles. The molecule has 6 nitrogen and oxygen atoms in total. The van der Waals surface area contributed by atoms with E-state index in [1.54, 1.807) is 12.1 Å². The highest BCUT2D eigenvalue weighted by molar-refractivity contribution is 6.52. The smallest absolute Gasteiger partial charge is 0.326 e. The molecule has 0 bridgehead atoms. The highest BCUT2D eigenvalue weighted by Gasteiger charge is 2.36. The SMILES string of the molecule is O=C(CN1C(=O)C(=O)c2ccccc21)OCC(=O)c1ccc(F)c(F)c1. The van der Waals surface area contributed by atoms with E-state index < -0.39 is 48.2 Å². The zero-order chi connectivity index (χ0) is 18.8. The fourth-order valence-electron chi connectivity index (χ4n) is 2.48. The number of fused-ring (bicyclic) bond motifs is 1. The van der Waals surface area contributed by atoms with Gasteiger partial charge in [-0.05, 0) is 30.3 Å². The summed E-state index contributed by atoms with van der Waals surface area (Å²) in [5.41, 5.74) is 0.309. The van der Waals surface area contributed by atoms with Gasteiger partial charge < -0.3 is 4.74 Å². The van der Waals surface area contributed by atoms with Crippen LogP contribution in [0.2, 0.25) is 0 Å². The topological polar surface area (TPSA) is 80.8 Å². The van der Waals surface area contributed by atoms with Crippen molar-refractivity contribution in [2.24, 2.45) is 0 Å². The Kier molecular flexibility index (Phi) is 4.57. The van der Waals surface area contributed by atoms with Gasteiger partial charge in [0.1, 0.15) is 6.54 Å². The summed E-state index contributed by atoms with van der Waals surface area (Å²) < 4.78 is 30.8. The first-order valence-corrected chi connectivity index (χ1v) is 7.47. The number of ketones is 2. The van der Waals surface area contributed by atoms with Crippen LogP contribution >= 0.6 is 0 Å². The number of hydrogen-bond donors (Lipinski definition) is 0. The van der Waals surface area contributed by atoms with E-state index in [-0.39, 0.29) is 16.8 Å². The maximum absolute atomic E-state index is 13.1. The van der Waals surface area contributed by atoms with Crippen LogP contribution in [0.15, 0.2) is 42.5 Å². The van der Waals surface area contributed by atoms with Crippen molar-refractivity contribution in [1.82, 2.24) is 0 Å². The van der Waals surface area contributed by atoms with Crippen LogP contribution in [0.4, 0.5) is 14.5 Å². The lowest BCUT2D eigenvalue weighted by Gasteiger charge is -2.15. The molecule has 2 aromatic rings. The number of Topliss-reactive ketones (excluding diaryl/α,β-unsaturated/α-hetero) is 2. The summed E-state index contributed by atoms with van der Waals surface area (Å²) in [5, 5.41) is 0. The Morgan fingerprint density at radius 1 is 1.00 bits per heavy atom. The monoisotopic (exact) mass is 359 g/mol. The van der Waals surface area contributed by atoms with Crippen LogP contribution in [0.5, 0.6) is 0 Å². The van der Waals surface area contributed by atoms with Gasteiger partial charge in [-0.2, -0.15) is 0 Å². The van der Waals surface area contributed by atoms with Crippen molar-refractivity contribution in [3.8, 4) is 0 Å². The van der Waals surface area contributed by atoms with E-state index >= 15 is 0 Å². The summed E-state index contributed by atoms with van der Waals surface area (Å²) in [5.74, 6) is -5.55. The third-order valence-corrected chi connectivity index (χ3v) is 3.77. The van der Waals surface area contributed by atoms with E-state index in [2.05, 4.69) is 0 Å². The largest absolute Gasteiger partial charge is 0.456 e. The van der Waals surface area contributed by atoms with Gasteiger partial charge >= 0.3 is 5.97 Å². The number of carbonyl (C=O) groups is 4. The van der Waals surface area contributed by atoms with Crippen LogP contribution < -0.4 is 4.90 Å². The van der Waals surface area contributed by atoms with Gasteiger partial charge in [0.15, 0.2) is 24.0 Å². The molecule has 0 aliphatic carbocycles. The van der Waals surface area contributed by atoms with E-state index in [0.717, 1.165) is 17.0 Å². The van der Waals surface area contributed by atoms with Gasteiger partial charge in [0.25, 0.3) is 11.7 Å². The number of anilines is 1. The average Bonchev–Trinajstić information content (AvgIpc) is 2.87. The minimum absolute atomic E-state index is 0.158. The molecule has 0 N–H and O–H groups in total. The van der Waals surface area contributed by atoms with Crippen LogP contribution in [0.25, 0.3) is 0 Å². The maximum Gasteiger partial charge on any atom is 0.326 e. The Hall–Kier alpha value is -3.42. The molecule has 0 spiro atoms. The molecule has 132 valence electrons. The Balaban J connectivity index is 1.63. The second kappa shape index (κ2) is 6.83. The van der Waals surface area contributed by atoms with Crippen molar-refractivity contribution in [2.75, 3.05) is 18.1 Å². The van der Waals surface area contributed by atoms with Crippen LogP contribution in [0, 0.1) is 11.6 Å². The maximum atomic E-state index is 13.1. The second-order valence-corrected chi connectivity index (χ2v) is 5.45. The van der Waals surface area contributed by atoms with Gasteiger partial charge in [-0.15, -0.1) is 0 Å². The van der Waals surface area contributed by atoms with Crippen molar-refractivity contribution in [3.05, 3.63) is 65.2 Å². The molecule has 0 fully saturated rings. The fraction of sp³-hybridized carbons (Fsp3) is 0.111. The standard InChI is InChI=1S/C18H11F2NO5/c19-12-6-5-10(7-13(12)20)15(22)9-26-16(23)8-21-14-4-2-1-3-11(14)17(24)18(21)25/h1-7H,8-9H2. The Labute approximate surface area is 146 Å². The number of ether oxygens (including phenoxy) is 1. The van der Waals surface area contributed by atoms with Gasteiger partial charge in [-0.3, -0.25) is 24.1 Å². The lowest BCUT2D eigenvalue weighted by atomic mass is 10.1. The number of carbonyl (C=O) groups excluding carboxylic acids is 4. The van der Waals surface area contributed by atoms with Gasteiger partial charge in [-0.25, -0.2) is 8.78 Å². The Morgan fingerprint density at radius 3 is 2.46 bits per heavy atom. The summed E-state index contributed by atoms with van der Waals surface area (Å²) in [6, 6.07) is 8.72. The molecule has 0 unspecified atom stereocenters. The number of amides is 1. The number of benzene rings is 2. The highest BCUT2D eigenvalue weighted by atomic mass is 19.2. The molecule has 0 radical (unpaired) electrons. The number of nitrogens with zero attached hydrogens (tertiary/aromatic N) is 1. The van der Waals surface area contributed by atoms with E-state index in [4.69, 9.17) is 4.74 Å². The molecule has 0 aromatic heterocycles. The molecule has 8 heteroatoms. The summed E-state index contributed by atoms with van der Waals surface area (Å²) in [4.78, 5) is 48.5. The van der Waals surface area contributed by atoms with Crippen molar-refractivity contribution in [1.29, 1.82) is 0 Å². The molecule has 1 aliphatic heterocycles. The van der Waals surface area contributed by atoms with Gasteiger partial charge in [-0.1, -0.05) is 12.1 Å². The first-order chi connectivity index (χ1) is 12.4. The summed E-state index contributed by atoms with van der Waals surface area (Å²) >= 11 is 0. The molecule has 1 aliphatic rings. The zero-order valence-corrected chi connectivity index (χ0v) is 13.2. The van der Waals surface area contributed by atoms with E-state index in [1.165, 1.54) is 12.1 Å². The first kappa shape index (κ1) is 17.4. The van der Waals surface area contributed by atoms with Crippen molar-refractivity contribution >= 4 is 29.1 Å². The molecule has 26 heavy (non-hydrogen) atoms. The fourth-order valence-corrected chi connectivity index (χ4v) is 2.48. The van der Waals surface area contributed by atoms with E-state index in [9.17, 15) is 28.0 Å². The van der Waals surface area contributed by atoms with Gasteiger partial charge in [0, 0.05) is 5.56 Å². The van der Waals surface area contributed by atoms with E-state index in [0.29, 0.717) is 6.07 Å². The third-order valence-electron chi connectivity index (χ3n) is 3.77. The molecule has 3 rings (SSSR count). The number of hydrogen-bond acceptors (Lipinski definition) is 5. The highest BCUT2D eigenvalue weighted by Crippen LogP contribution is 2.28. The second-order valence-electron chi connectivity index (χ2n) is 5.45. The third kappa shape index (κ3) is 3.21. The molecule has 0 atom stereocenters. The number of rotatable bonds is 5. The van der Waals surface area contributed by atoms with Crippen LogP contribution in [0.1, 0.15) is 20.7 Å². The van der Waals surface area contributed by atoms with Crippen molar-refractivity contribution < 1.29 is 32.7 Å². The van der Waals surface area contributed by atoms with Crippen LogP contribution in [-0.4, -0.2) is 36.6 Å². The molecular weight excluding hydrogens is 348 g/mol. The van der Waals surface area contributed by atoms with Crippen LogP contribution in [-0.2, 0) is 14.3 Å². The molecule has 2 aromatic carbocycles. The van der Waals surface area contributed by atoms with Crippen molar-refractivity contribution in [2.45, 2.75) is 0 Å². The first-order valence-electron chi connectivity index (χ1n) is 7.47. The Bertz CT molecular complexity index is 941. The number of esters is 1. The molecule has 1 heterocycles. The summed E-state index contributed by atoms with van der Waals surface area (Å²) in [6.07, 6.45) is 0. The molecule has 0 saturated heterocycles. The molecular formula is C18H11F2NO5. The molecule has 1 amide bonds. The van der Waals surface area contributed by atoms with Gasteiger partial charge in [0.05, 0.1) is 11.3 Å². The number of halogens is 2. The predicted octanol–water partition coefficient (Wildman–Crippen LogP) is 1.92.